The molecule has 0 saturated heterocycles. The molecule has 2 N–H and O–H groups in total. The largest absolute Gasteiger partial charge is 0.489 e. The number of hydrogen-bond acceptors (Lipinski definition) is 3. The third-order valence-corrected chi connectivity index (χ3v) is 3.56. The zero-order valence-corrected chi connectivity index (χ0v) is 12.2. The van der Waals surface area contributed by atoms with Crippen LogP contribution in [0, 0.1) is 0 Å². The molecule has 0 aliphatic heterocycles. The van der Waals surface area contributed by atoms with Crippen molar-refractivity contribution in [2.75, 3.05) is 6.61 Å². The lowest BCUT2D eigenvalue weighted by molar-refractivity contribution is -0.210. The molecule has 1 aliphatic rings. The zero-order valence-electron chi connectivity index (χ0n) is 10.6. The molecule has 0 bridgehead atoms. The molecular weight excluding hydrogens is 339 g/mol. The Balaban J connectivity index is 1.88. The quantitative estimate of drug-likeness (QED) is 0.825. The highest BCUT2D eigenvalue weighted by atomic mass is 79.9. The smallest absolute Gasteiger partial charge is 0.417 e. The number of rotatable bonds is 6. The lowest BCUT2D eigenvalue weighted by atomic mass is 10.2. The summed E-state index contributed by atoms with van der Waals surface area (Å²) in [4.78, 5) is 0. The number of hydrogen-bond donors (Lipinski definition) is 2. The zero-order chi connectivity index (χ0) is 14.8. The van der Waals surface area contributed by atoms with Gasteiger partial charge in [0.25, 0.3) is 0 Å². The van der Waals surface area contributed by atoms with Crippen molar-refractivity contribution in [1.82, 2.24) is 5.32 Å². The van der Waals surface area contributed by atoms with Gasteiger partial charge in [0, 0.05) is 12.6 Å². The summed E-state index contributed by atoms with van der Waals surface area (Å²) in [5.41, 5.74) is 1.02. The summed E-state index contributed by atoms with van der Waals surface area (Å²) >= 11 is 3.25. The Labute approximate surface area is 123 Å². The van der Waals surface area contributed by atoms with Gasteiger partial charge in [-0.2, -0.15) is 13.2 Å². The van der Waals surface area contributed by atoms with Crippen molar-refractivity contribution in [1.29, 1.82) is 0 Å². The Hall–Kier alpha value is -0.790. The van der Waals surface area contributed by atoms with Crippen molar-refractivity contribution in [3.63, 3.8) is 0 Å². The first-order chi connectivity index (χ1) is 9.36. The van der Waals surface area contributed by atoms with E-state index in [4.69, 9.17) is 9.84 Å². The summed E-state index contributed by atoms with van der Waals surface area (Å²) in [6.45, 7) is -0.101. The third-order valence-electron chi connectivity index (χ3n) is 2.94. The number of halogens is 4. The van der Waals surface area contributed by atoms with Crippen LogP contribution < -0.4 is 10.1 Å². The van der Waals surface area contributed by atoms with E-state index < -0.39 is 18.9 Å². The first-order valence-electron chi connectivity index (χ1n) is 6.25. The van der Waals surface area contributed by atoms with Gasteiger partial charge in [0.05, 0.1) is 4.47 Å². The van der Waals surface area contributed by atoms with Gasteiger partial charge in [0.2, 0.25) is 0 Å². The van der Waals surface area contributed by atoms with E-state index in [0.717, 1.165) is 5.56 Å². The van der Waals surface area contributed by atoms with E-state index in [1.807, 2.05) is 0 Å². The maximum atomic E-state index is 12.1. The molecule has 1 aliphatic carbocycles. The molecule has 1 aromatic carbocycles. The number of aliphatic hydroxyl groups excluding tert-OH is 1. The van der Waals surface area contributed by atoms with E-state index in [9.17, 15) is 13.2 Å². The molecule has 0 heterocycles. The van der Waals surface area contributed by atoms with Crippen LogP contribution in [0.2, 0.25) is 0 Å². The van der Waals surface area contributed by atoms with Crippen LogP contribution in [-0.4, -0.2) is 30.0 Å². The summed E-state index contributed by atoms with van der Waals surface area (Å²) in [6.07, 6.45) is -4.76. The van der Waals surface area contributed by atoms with E-state index in [1.54, 1.807) is 18.2 Å². The van der Waals surface area contributed by atoms with E-state index in [-0.39, 0.29) is 5.75 Å². The van der Waals surface area contributed by atoms with Crippen molar-refractivity contribution in [2.45, 2.75) is 37.7 Å². The summed E-state index contributed by atoms with van der Waals surface area (Å²) in [5.74, 6) is 0.281. The fourth-order valence-electron chi connectivity index (χ4n) is 1.58. The van der Waals surface area contributed by atoms with Gasteiger partial charge in [-0.3, -0.25) is 0 Å². The molecule has 112 valence electrons. The molecule has 0 amide bonds. The Morgan fingerprint density at radius 1 is 1.40 bits per heavy atom. The Bertz CT molecular complexity index is 463. The molecule has 0 aromatic heterocycles. The van der Waals surface area contributed by atoms with Crippen LogP contribution in [0.1, 0.15) is 18.4 Å². The SMILES string of the molecule is OC(COc1ccc(CNC2CC2)cc1Br)C(F)(F)F. The highest BCUT2D eigenvalue weighted by Crippen LogP contribution is 2.28. The predicted octanol–water partition coefficient (Wildman–Crippen LogP) is 3.00. The van der Waals surface area contributed by atoms with Crippen LogP contribution in [0.25, 0.3) is 0 Å². The second-order valence-electron chi connectivity index (χ2n) is 4.79. The maximum absolute atomic E-state index is 12.1. The summed E-state index contributed by atoms with van der Waals surface area (Å²) in [7, 11) is 0. The number of ether oxygens (including phenoxy) is 1. The highest BCUT2D eigenvalue weighted by Gasteiger charge is 2.38. The van der Waals surface area contributed by atoms with E-state index in [1.165, 1.54) is 12.8 Å². The minimum Gasteiger partial charge on any atom is -0.489 e. The van der Waals surface area contributed by atoms with Crippen molar-refractivity contribution < 1.29 is 23.0 Å². The average Bonchev–Trinajstić information content (AvgIpc) is 3.17. The number of benzene rings is 1. The van der Waals surface area contributed by atoms with Gasteiger partial charge in [-0.1, -0.05) is 6.07 Å². The van der Waals surface area contributed by atoms with Crippen LogP contribution in [0.5, 0.6) is 5.75 Å². The molecular formula is C13H15BrF3NO2. The number of nitrogens with one attached hydrogen (secondary N) is 1. The molecule has 1 atom stereocenters. The van der Waals surface area contributed by atoms with Crippen LogP contribution >= 0.6 is 15.9 Å². The molecule has 1 aromatic rings. The van der Waals surface area contributed by atoms with Gasteiger partial charge in [-0.05, 0) is 46.5 Å². The highest BCUT2D eigenvalue weighted by molar-refractivity contribution is 9.10. The van der Waals surface area contributed by atoms with Gasteiger partial charge in [0.1, 0.15) is 12.4 Å². The molecule has 0 radical (unpaired) electrons. The minimum atomic E-state index is -4.67. The van der Waals surface area contributed by atoms with Gasteiger partial charge in [-0.15, -0.1) is 0 Å². The van der Waals surface area contributed by atoms with Crippen molar-refractivity contribution in [2.24, 2.45) is 0 Å². The first-order valence-corrected chi connectivity index (χ1v) is 7.05. The van der Waals surface area contributed by atoms with Crippen molar-refractivity contribution >= 4 is 15.9 Å². The number of alkyl halides is 3. The molecule has 1 saturated carbocycles. The second kappa shape index (κ2) is 6.32. The van der Waals surface area contributed by atoms with Crippen molar-refractivity contribution in [3.05, 3.63) is 28.2 Å². The summed E-state index contributed by atoms with van der Waals surface area (Å²) in [6, 6.07) is 5.77. The molecule has 20 heavy (non-hydrogen) atoms. The Kier molecular flexibility index (Phi) is 4.93. The lowest BCUT2D eigenvalue weighted by Crippen LogP contribution is -2.34. The first kappa shape index (κ1) is 15.6. The van der Waals surface area contributed by atoms with Crippen LogP contribution in [0.15, 0.2) is 22.7 Å². The monoisotopic (exact) mass is 353 g/mol. The maximum Gasteiger partial charge on any atom is 0.417 e. The Morgan fingerprint density at radius 3 is 2.65 bits per heavy atom. The third kappa shape index (κ3) is 4.64. The lowest BCUT2D eigenvalue weighted by Gasteiger charge is -2.16. The fourth-order valence-corrected chi connectivity index (χ4v) is 2.12. The number of aliphatic hydroxyl groups is 1. The summed E-state index contributed by atoms with van der Waals surface area (Å²) < 4.78 is 42.0. The van der Waals surface area contributed by atoms with Crippen LogP contribution in [0.3, 0.4) is 0 Å². The van der Waals surface area contributed by atoms with Gasteiger partial charge < -0.3 is 15.2 Å². The molecule has 2 rings (SSSR count). The normalized spacial score (nSPS) is 17.1. The average molecular weight is 354 g/mol. The van der Waals surface area contributed by atoms with Crippen LogP contribution in [0.4, 0.5) is 13.2 Å². The Morgan fingerprint density at radius 2 is 2.10 bits per heavy atom. The molecule has 1 fully saturated rings. The van der Waals surface area contributed by atoms with Gasteiger partial charge >= 0.3 is 6.18 Å². The fraction of sp³-hybridized carbons (Fsp3) is 0.538. The second-order valence-corrected chi connectivity index (χ2v) is 5.64. The molecule has 0 spiro atoms. The van der Waals surface area contributed by atoms with E-state index >= 15 is 0 Å². The van der Waals surface area contributed by atoms with E-state index in [2.05, 4.69) is 21.2 Å². The van der Waals surface area contributed by atoms with Crippen molar-refractivity contribution in [3.8, 4) is 5.75 Å². The standard InChI is InChI=1S/C13H15BrF3NO2/c14-10-5-8(6-18-9-2-3-9)1-4-11(10)20-7-12(19)13(15,16)17/h1,4-5,9,12,18-19H,2-3,6-7H2. The van der Waals surface area contributed by atoms with Gasteiger partial charge in [-0.25, -0.2) is 0 Å². The summed E-state index contributed by atoms with van der Waals surface area (Å²) in [5, 5.41) is 12.2. The van der Waals surface area contributed by atoms with Crippen LogP contribution in [-0.2, 0) is 6.54 Å². The topological polar surface area (TPSA) is 41.5 Å². The minimum absolute atomic E-state index is 0.281. The molecule has 1 unspecified atom stereocenters. The predicted molar refractivity (Wildman–Crippen MR) is 71.6 cm³/mol. The van der Waals surface area contributed by atoms with E-state index in [0.29, 0.717) is 17.1 Å². The van der Waals surface area contributed by atoms with Gasteiger partial charge in [0.15, 0.2) is 6.10 Å². The molecule has 7 heteroatoms. The molecule has 3 nitrogen and oxygen atoms in total.